The zero-order valence-electron chi connectivity index (χ0n) is 20.9. The van der Waals surface area contributed by atoms with Crippen LogP contribution in [0.1, 0.15) is 56.6 Å². The second-order valence-corrected chi connectivity index (χ2v) is 9.86. The molecule has 0 aliphatic carbocycles. The predicted octanol–water partition coefficient (Wildman–Crippen LogP) is 2.29. The number of unbranched alkanes of at least 4 members (excludes halogenated alkanes) is 1. The van der Waals surface area contributed by atoms with E-state index in [2.05, 4.69) is 53.2 Å². The van der Waals surface area contributed by atoms with E-state index in [1.54, 1.807) is 0 Å². The molecule has 3 aliphatic heterocycles. The molecule has 3 fully saturated rings. The number of hydrogen-bond acceptors (Lipinski definition) is 6. The van der Waals surface area contributed by atoms with Crippen molar-refractivity contribution in [3.63, 3.8) is 0 Å². The van der Waals surface area contributed by atoms with Gasteiger partial charge in [-0.15, -0.1) is 0 Å². The van der Waals surface area contributed by atoms with Crippen molar-refractivity contribution in [2.45, 2.75) is 82.3 Å². The number of ether oxygens (including phenoxy) is 3. The second kappa shape index (κ2) is 13.4. The molecule has 7 heteroatoms. The Labute approximate surface area is 209 Å². The van der Waals surface area contributed by atoms with Gasteiger partial charge in [-0.25, -0.2) is 0 Å². The molecular formula is C28H40N2O5. The maximum Gasteiger partial charge on any atom is 0.234 e. The fourth-order valence-electron chi connectivity index (χ4n) is 5.15. The number of amides is 1. The summed E-state index contributed by atoms with van der Waals surface area (Å²) in [5, 5.41) is 12.8. The Hall–Kier alpha value is -1.95. The summed E-state index contributed by atoms with van der Waals surface area (Å²) in [4.78, 5) is 15.0. The van der Waals surface area contributed by atoms with Crippen molar-refractivity contribution in [1.82, 2.24) is 10.2 Å². The van der Waals surface area contributed by atoms with E-state index >= 15 is 0 Å². The molecule has 2 N–H and O–H groups in total. The summed E-state index contributed by atoms with van der Waals surface area (Å²) in [6, 6.07) is 8.34. The Bertz CT molecular complexity index is 858. The molecule has 192 valence electrons. The molecule has 1 amide bonds. The topological polar surface area (TPSA) is 80.3 Å². The summed E-state index contributed by atoms with van der Waals surface area (Å²) in [7, 11) is 0. The number of benzene rings is 1. The quantitative estimate of drug-likeness (QED) is 0.551. The zero-order valence-corrected chi connectivity index (χ0v) is 20.9. The van der Waals surface area contributed by atoms with Crippen LogP contribution in [0, 0.1) is 11.8 Å². The normalized spacial score (nSPS) is 29.0. The van der Waals surface area contributed by atoms with Crippen molar-refractivity contribution in [2.24, 2.45) is 0 Å². The van der Waals surface area contributed by atoms with E-state index in [0.29, 0.717) is 26.2 Å². The van der Waals surface area contributed by atoms with E-state index in [1.165, 1.54) is 5.56 Å². The molecule has 1 aromatic rings. The summed E-state index contributed by atoms with van der Waals surface area (Å²) in [5.74, 6) is 6.43. The van der Waals surface area contributed by atoms with Crippen LogP contribution in [0.5, 0.6) is 0 Å². The fourth-order valence-corrected chi connectivity index (χ4v) is 5.15. The number of fused-ring (bicyclic) bond motifs is 1. The van der Waals surface area contributed by atoms with Crippen LogP contribution in [0.15, 0.2) is 24.3 Å². The average molecular weight is 485 g/mol. The molecule has 0 spiro atoms. The van der Waals surface area contributed by atoms with E-state index in [9.17, 15) is 9.90 Å². The minimum absolute atomic E-state index is 0.0198. The molecule has 0 aromatic heterocycles. The van der Waals surface area contributed by atoms with Crippen LogP contribution >= 0.6 is 0 Å². The van der Waals surface area contributed by atoms with Crippen molar-refractivity contribution in [3.8, 4) is 11.8 Å². The molecule has 0 bridgehead atoms. The third-order valence-electron chi connectivity index (χ3n) is 7.14. The molecule has 7 nitrogen and oxygen atoms in total. The van der Waals surface area contributed by atoms with Gasteiger partial charge in [0.15, 0.2) is 0 Å². The minimum atomic E-state index is -0.139. The molecule has 5 atom stereocenters. The highest BCUT2D eigenvalue weighted by Gasteiger charge is 2.42. The summed E-state index contributed by atoms with van der Waals surface area (Å²) in [5.41, 5.74) is 2.29. The molecule has 0 unspecified atom stereocenters. The molecule has 0 saturated carbocycles. The smallest absolute Gasteiger partial charge is 0.234 e. The highest BCUT2D eigenvalue weighted by Crippen LogP contribution is 2.33. The maximum absolute atomic E-state index is 12.9. The summed E-state index contributed by atoms with van der Waals surface area (Å²) >= 11 is 0. The molecule has 35 heavy (non-hydrogen) atoms. The number of carbonyl (C=O) groups excluding carboxylic acids is 1. The lowest BCUT2D eigenvalue weighted by Gasteiger charge is -2.45. The van der Waals surface area contributed by atoms with Crippen molar-refractivity contribution < 1.29 is 24.1 Å². The molecule has 3 heterocycles. The monoisotopic (exact) mass is 484 g/mol. The van der Waals surface area contributed by atoms with Gasteiger partial charge in [-0.1, -0.05) is 30.9 Å². The summed E-state index contributed by atoms with van der Waals surface area (Å²) < 4.78 is 18.0. The molecule has 1 aromatic carbocycles. The van der Waals surface area contributed by atoms with Gasteiger partial charge in [-0.05, 0) is 56.2 Å². The van der Waals surface area contributed by atoms with Gasteiger partial charge >= 0.3 is 0 Å². The molecule has 4 rings (SSSR count). The number of nitrogens with zero attached hydrogens (tertiary/aromatic N) is 1. The zero-order chi connectivity index (χ0) is 24.5. The molecule has 3 saturated heterocycles. The van der Waals surface area contributed by atoms with Crippen LogP contribution in [-0.2, 0) is 25.4 Å². The van der Waals surface area contributed by atoms with E-state index in [1.807, 2.05) is 0 Å². The number of aryl methyl sites for hydroxylation is 1. The van der Waals surface area contributed by atoms with E-state index in [4.69, 9.17) is 14.2 Å². The average Bonchev–Trinajstić information content (AvgIpc) is 2.88. The second-order valence-electron chi connectivity index (χ2n) is 9.86. The van der Waals surface area contributed by atoms with Crippen LogP contribution in [0.4, 0.5) is 0 Å². The Morgan fingerprint density at radius 1 is 1.14 bits per heavy atom. The number of hydrogen-bond donors (Lipinski definition) is 2. The number of nitrogens with one attached hydrogen (secondary N) is 1. The highest BCUT2D eigenvalue weighted by atomic mass is 16.6. The van der Waals surface area contributed by atoms with Crippen molar-refractivity contribution in [2.75, 3.05) is 39.5 Å². The number of aliphatic hydroxyl groups excluding tert-OH is 1. The summed E-state index contributed by atoms with van der Waals surface area (Å²) in [6.07, 6.45) is 5.82. The first kappa shape index (κ1) is 26.1. The van der Waals surface area contributed by atoms with Crippen LogP contribution in [0.25, 0.3) is 0 Å². The van der Waals surface area contributed by atoms with Gasteiger partial charge in [0.1, 0.15) is 0 Å². The van der Waals surface area contributed by atoms with Gasteiger partial charge in [0.2, 0.25) is 5.91 Å². The number of morpholine rings is 1. The van der Waals surface area contributed by atoms with E-state index in [0.717, 1.165) is 57.2 Å². The van der Waals surface area contributed by atoms with Crippen molar-refractivity contribution in [3.05, 3.63) is 35.4 Å². The summed E-state index contributed by atoms with van der Waals surface area (Å²) in [6.45, 7) is 5.44. The molecule has 0 radical (unpaired) electrons. The van der Waals surface area contributed by atoms with Gasteiger partial charge in [0.25, 0.3) is 0 Å². The lowest BCUT2D eigenvalue weighted by molar-refractivity contribution is -0.202. The largest absolute Gasteiger partial charge is 0.394 e. The van der Waals surface area contributed by atoms with Crippen LogP contribution < -0.4 is 5.32 Å². The lowest BCUT2D eigenvalue weighted by Crippen LogP contribution is -2.58. The van der Waals surface area contributed by atoms with Gasteiger partial charge in [0, 0.05) is 25.1 Å². The number of aliphatic hydroxyl groups is 1. The van der Waals surface area contributed by atoms with E-state index in [-0.39, 0.29) is 43.0 Å². The molecule has 3 aliphatic rings. The van der Waals surface area contributed by atoms with Gasteiger partial charge in [-0.3, -0.25) is 9.69 Å². The Kier molecular flexibility index (Phi) is 9.99. The maximum atomic E-state index is 12.9. The van der Waals surface area contributed by atoms with Crippen molar-refractivity contribution in [1.29, 1.82) is 0 Å². The highest BCUT2D eigenvalue weighted by molar-refractivity contribution is 5.78. The number of carbonyl (C=O) groups is 1. The van der Waals surface area contributed by atoms with Crippen molar-refractivity contribution >= 4 is 5.91 Å². The SMILES string of the molecule is CCCC#Cc1ccc(CC[C@H]2O[C@H]3CC[C@@H](CO)O[C@H]3C[C@H]2NC(=O)CN2CCOCC2)cc1. The predicted molar refractivity (Wildman–Crippen MR) is 134 cm³/mol. The Morgan fingerprint density at radius 2 is 1.94 bits per heavy atom. The standard InChI is InChI=1S/C28H40N2O5/c1-2-3-4-5-21-6-8-22(9-7-21)10-12-25-24(29-28(32)19-30-14-16-33-17-15-30)18-27-26(35-25)13-11-23(20-31)34-27/h6-9,23-27,31H,2-3,10-20H2,1H3,(H,29,32)/t23-,24+,25+,26-,27-/m0/s1. The van der Waals surface area contributed by atoms with Gasteiger partial charge in [0.05, 0.1) is 56.8 Å². The first-order chi connectivity index (χ1) is 17.1. The van der Waals surface area contributed by atoms with E-state index < -0.39 is 0 Å². The van der Waals surface area contributed by atoms with Gasteiger partial charge in [-0.2, -0.15) is 0 Å². The third-order valence-corrected chi connectivity index (χ3v) is 7.14. The Balaban J connectivity index is 1.36. The third kappa shape index (κ3) is 7.77. The lowest BCUT2D eigenvalue weighted by atomic mass is 9.88. The van der Waals surface area contributed by atoms with Gasteiger partial charge < -0.3 is 24.6 Å². The Morgan fingerprint density at radius 3 is 2.69 bits per heavy atom. The minimum Gasteiger partial charge on any atom is -0.394 e. The molecular weight excluding hydrogens is 444 g/mol. The van der Waals surface area contributed by atoms with Crippen LogP contribution in [0.2, 0.25) is 0 Å². The van der Waals surface area contributed by atoms with Crippen LogP contribution in [-0.4, -0.2) is 85.8 Å². The fraction of sp³-hybridized carbons (Fsp3) is 0.679. The van der Waals surface area contributed by atoms with Crippen LogP contribution in [0.3, 0.4) is 0 Å². The number of rotatable bonds is 8. The first-order valence-corrected chi connectivity index (χ1v) is 13.2. The first-order valence-electron chi connectivity index (χ1n) is 13.2.